The van der Waals surface area contributed by atoms with E-state index in [0.29, 0.717) is 23.2 Å². The van der Waals surface area contributed by atoms with Crippen LogP contribution in [-0.4, -0.2) is 27.3 Å². The van der Waals surface area contributed by atoms with Gasteiger partial charge in [0.25, 0.3) is 5.89 Å². The Labute approximate surface area is 123 Å². The smallest absolute Gasteiger partial charge is 0.259 e. The number of hydrogen-bond acceptors (Lipinski definition) is 6. The van der Waals surface area contributed by atoms with Crippen LogP contribution in [0.5, 0.6) is 5.75 Å². The molecule has 2 aromatic rings. The van der Waals surface area contributed by atoms with Crippen molar-refractivity contribution in [1.82, 2.24) is 15.1 Å². The lowest BCUT2D eigenvalue weighted by atomic mass is 9.78. The van der Waals surface area contributed by atoms with Gasteiger partial charge in [0.05, 0.1) is 11.8 Å². The predicted molar refractivity (Wildman–Crippen MR) is 75.5 cm³/mol. The lowest BCUT2D eigenvalue weighted by Crippen LogP contribution is -2.35. The van der Waals surface area contributed by atoms with Crippen LogP contribution in [0.4, 0.5) is 0 Å². The van der Waals surface area contributed by atoms with Crippen LogP contribution < -0.4 is 0 Å². The number of pyridine rings is 1. The summed E-state index contributed by atoms with van der Waals surface area (Å²) in [6, 6.07) is 1.55. The topological polar surface area (TPSA) is 81.3 Å². The lowest BCUT2D eigenvalue weighted by molar-refractivity contribution is -0.0658. The van der Waals surface area contributed by atoms with Crippen molar-refractivity contribution >= 4 is 0 Å². The molecule has 0 aliphatic heterocycles. The first-order chi connectivity index (χ1) is 10.1. The van der Waals surface area contributed by atoms with Crippen LogP contribution in [0.3, 0.4) is 0 Å². The molecular weight excluding hydrogens is 270 g/mol. The summed E-state index contributed by atoms with van der Waals surface area (Å²) in [6.45, 7) is 2.22. The Morgan fingerprint density at radius 1 is 1.43 bits per heavy atom. The maximum Gasteiger partial charge on any atom is 0.259 e. The van der Waals surface area contributed by atoms with Crippen molar-refractivity contribution < 1.29 is 14.4 Å². The van der Waals surface area contributed by atoms with Crippen LogP contribution in [0.25, 0.3) is 11.5 Å². The molecule has 1 aliphatic carbocycles. The molecule has 6 nitrogen and oxygen atoms in total. The molecule has 0 spiro atoms. The highest BCUT2D eigenvalue weighted by Crippen LogP contribution is 2.41. The van der Waals surface area contributed by atoms with Crippen LogP contribution >= 0.6 is 0 Å². The third kappa shape index (κ3) is 2.63. The van der Waals surface area contributed by atoms with E-state index in [1.807, 2.05) is 0 Å². The van der Waals surface area contributed by atoms with Crippen molar-refractivity contribution in [2.24, 2.45) is 5.92 Å². The molecule has 1 N–H and O–H groups in total. The molecule has 2 atom stereocenters. The van der Waals surface area contributed by atoms with Crippen molar-refractivity contribution in [2.45, 2.75) is 38.2 Å². The summed E-state index contributed by atoms with van der Waals surface area (Å²) in [5, 5.41) is 13.6. The predicted octanol–water partition coefficient (Wildman–Crippen LogP) is 2.89. The molecule has 3 rings (SSSR count). The monoisotopic (exact) mass is 289 g/mol. The second-order valence-electron chi connectivity index (χ2n) is 5.75. The van der Waals surface area contributed by atoms with Crippen molar-refractivity contribution in [3.63, 3.8) is 0 Å². The third-order valence-corrected chi connectivity index (χ3v) is 4.15. The maximum atomic E-state index is 9.48. The van der Waals surface area contributed by atoms with Crippen molar-refractivity contribution in [3.8, 4) is 17.2 Å². The summed E-state index contributed by atoms with van der Waals surface area (Å²) in [6.07, 6.45) is 7.02. The van der Waals surface area contributed by atoms with Crippen LogP contribution in [-0.2, 0) is 10.3 Å². The van der Waals surface area contributed by atoms with E-state index in [-0.39, 0.29) is 5.75 Å². The van der Waals surface area contributed by atoms with Gasteiger partial charge in [-0.2, -0.15) is 4.98 Å². The number of aromatic hydroxyl groups is 1. The van der Waals surface area contributed by atoms with Gasteiger partial charge in [0.2, 0.25) is 5.82 Å². The van der Waals surface area contributed by atoms with Crippen molar-refractivity contribution in [2.75, 3.05) is 7.11 Å². The van der Waals surface area contributed by atoms with Gasteiger partial charge in [-0.3, -0.25) is 4.98 Å². The van der Waals surface area contributed by atoms with Gasteiger partial charge >= 0.3 is 0 Å². The van der Waals surface area contributed by atoms with Crippen LogP contribution in [0.2, 0.25) is 0 Å². The molecule has 2 heterocycles. The Morgan fingerprint density at radius 3 is 3.00 bits per heavy atom. The quantitative estimate of drug-likeness (QED) is 0.935. The molecule has 1 saturated carbocycles. The van der Waals surface area contributed by atoms with E-state index < -0.39 is 5.60 Å². The second kappa shape index (κ2) is 5.44. The molecule has 112 valence electrons. The standard InChI is InChI=1S/C15H19N3O3/c1-10-4-3-5-15(7-10,20-2)14-17-13(21-18-14)11-6-12(19)9-16-8-11/h6,8-10,19H,3-5,7H2,1-2H3. The molecule has 0 amide bonds. The fraction of sp³-hybridized carbons (Fsp3) is 0.533. The van der Waals surface area contributed by atoms with Crippen LogP contribution in [0, 0.1) is 5.92 Å². The molecule has 6 heteroatoms. The van der Waals surface area contributed by atoms with E-state index >= 15 is 0 Å². The molecule has 0 bridgehead atoms. The minimum atomic E-state index is -0.469. The largest absolute Gasteiger partial charge is 0.506 e. The summed E-state index contributed by atoms with van der Waals surface area (Å²) < 4.78 is 11.1. The Balaban J connectivity index is 1.93. The van der Waals surface area contributed by atoms with Crippen LogP contribution in [0.15, 0.2) is 23.0 Å². The fourth-order valence-electron chi connectivity index (χ4n) is 3.05. The van der Waals surface area contributed by atoms with Gasteiger partial charge in [-0.15, -0.1) is 0 Å². The molecular formula is C15H19N3O3. The van der Waals surface area contributed by atoms with E-state index in [4.69, 9.17) is 9.26 Å². The minimum Gasteiger partial charge on any atom is -0.506 e. The average molecular weight is 289 g/mol. The SMILES string of the molecule is COC1(c2noc(-c3cncc(O)c3)n2)CCCC(C)C1. The molecule has 0 saturated heterocycles. The average Bonchev–Trinajstić information content (AvgIpc) is 2.97. The highest BCUT2D eigenvalue weighted by Gasteiger charge is 2.41. The summed E-state index contributed by atoms with van der Waals surface area (Å²) in [4.78, 5) is 8.39. The molecule has 1 aliphatic rings. The fourth-order valence-corrected chi connectivity index (χ4v) is 3.05. The van der Waals surface area contributed by atoms with E-state index in [0.717, 1.165) is 19.3 Å². The van der Waals surface area contributed by atoms with Gasteiger partial charge in [-0.25, -0.2) is 0 Å². The number of rotatable bonds is 3. The first-order valence-corrected chi connectivity index (χ1v) is 7.17. The maximum absolute atomic E-state index is 9.48. The van der Waals surface area contributed by atoms with E-state index in [1.165, 1.54) is 12.6 Å². The number of nitrogens with zero attached hydrogens (tertiary/aromatic N) is 3. The summed E-state index contributed by atoms with van der Waals surface area (Å²) in [5.74, 6) is 1.57. The highest BCUT2D eigenvalue weighted by molar-refractivity contribution is 5.53. The number of aromatic nitrogens is 3. The zero-order chi connectivity index (χ0) is 14.9. The van der Waals surface area contributed by atoms with Gasteiger partial charge in [-0.05, 0) is 31.2 Å². The first-order valence-electron chi connectivity index (χ1n) is 7.17. The zero-order valence-electron chi connectivity index (χ0n) is 12.2. The number of methoxy groups -OCH3 is 1. The van der Waals surface area contributed by atoms with Gasteiger partial charge in [-0.1, -0.05) is 18.5 Å². The number of ether oxygens (including phenoxy) is 1. The van der Waals surface area contributed by atoms with Crippen molar-refractivity contribution in [3.05, 3.63) is 24.3 Å². The Bertz CT molecular complexity index is 628. The normalized spacial score (nSPS) is 25.9. The first kappa shape index (κ1) is 14.0. The van der Waals surface area contributed by atoms with Gasteiger partial charge in [0, 0.05) is 13.3 Å². The molecule has 2 aromatic heterocycles. The minimum absolute atomic E-state index is 0.0694. The van der Waals surface area contributed by atoms with Crippen molar-refractivity contribution in [1.29, 1.82) is 0 Å². The molecule has 1 fully saturated rings. The lowest BCUT2D eigenvalue weighted by Gasteiger charge is -2.36. The molecule has 0 aromatic carbocycles. The zero-order valence-corrected chi connectivity index (χ0v) is 12.2. The third-order valence-electron chi connectivity index (χ3n) is 4.15. The van der Waals surface area contributed by atoms with Gasteiger partial charge < -0.3 is 14.4 Å². The van der Waals surface area contributed by atoms with Gasteiger partial charge in [0.15, 0.2) is 0 Å². The Hall–Kier alpha value is -1.95. The highest BCUT2D eigenvalue weighted by atomic mass is 16.5. The molecule has 2 unspecified atom stereocenters. The second-order valence-corrected chi connectivity index (χ2v) is 5.75. The van der Waals surface area contributed by atoms with Gasteiger partial charge in [0.1, 0.15) is 11.4 Å². The summed E-state index contributed by atoms with van der Waals surface area (Å²) >= 11 is 0. The van der Waals surface area contributed by atoms with Crippen LogP contribution in [0.1, 0.15) is 38.4 Å². The molecule has 0 radical (unpaired) electrons. The summed E-state index contributed by atoms with van der Waals surface area (Å²) in [7, 11) is 1.70. The number of hydrogen-bond donors (Lipinski definition) is 1. The van der Waals surface area contributed by atoms with E-state index in [2.05, 4.69) is 22.0 Å². The Morgan fingerprint density at radius 2 is 2.29 bits per heavy atom. The Kier molecular flexibility index (Phi) is 3.63. The molecule has 21 heavy (non-hydrogen) atoms. The summed E-state index contributed by atoms with van der Waals surface area (Å²) in [5.41, 5.74) is 0.132. The van der Waals surface area contributed by atoms with E-state index in [9.17, 15) is 5.11 Å². The van der Waals surface area contributed by atoms with E-state index in [1.54, 1.807) is 19.4 Å².